The molecule has 1 heterocycles. The summed E-state index contributed by atoms with van der Waals surface area (Å²) in [4.78, 5) is 0. The van der Waals surface area contributed by atoms with Crippen LogP contribution in [0.2, 0.25) is 0 Å². The molecule has 0 aliphatic heterocycles. The van der Waals surface area contributed by atoms with Crippen LogP contribution in [0.4, 0.5) is 11.5 Å². The first-order valence-electron chi connectivity index (χ1n) is 8.04. The van der Waals surface area contributed by atoms with E-state index in [1.807, 2.05) is 77.5 Å². The van der Waals surface area contributed by atoms with Gasteiger partial charge in [-0.3, -0.25) is 0 Å². The minimum Gasteiger partial charge on any atom is -0.339 e. The summed E-state index contributed by atoms with van der Waals surface area (Å²) in [6.07, 6.45) is 0. The van der Waals surface area contributed by atoms with Crippen molar-refractivity contribution < 1.29 is 0 Å². The zero-order valence-corrected chi connectivity index (χ0v) is 15.0. The lowest BCUT2D eigenvalue weighted by Gasteiger charge is -2.10. The summed E-state index contributed by atoms with van der Waals surface area (Å²) < 4.78 is 2.94. The highest BCUT2D eigenvalue weighted by atomic mass is 79.9. The van der Waals surface area contributed by atoms with E-state index < -0.39 is 0 Å². The Morgan fingerprint density at radius 3 is 2.12 bits per heavy atom. The number of nitrogens with zero attached hydrogens (tertiary/aromatic N) is 2. The first kappa shape index (κ1) is 15.7. The summed E-state index contributed by atoms with van der Waals surface area (Å²) in [6.45, 7) is 0. The second-order valence-corrected chi connectivity index (χ2v) is 6.49. The van der Waals surface area contributed by atoms with Crippen molar-refractivity contribution in [2.24, 2.45) is 0 Å². The van der Waals surface area contributed by atoms with Crippen LogP contribution in [-0.2, 0) is 0 Å². The summed E-state index contributed by atoms with van der Waals surface area (Å²) in [7, 11) is 0. The average molecular weight is 390 g/mol. The molecule has 4 heteroatoms. The molecule has 4 aromatic rings. The van der Waals surface area contributed by atoms with Gasteiger partial charge >= 0.3 is 0 Å². The van der Waals surface area contributed by atoms with Gasteiger partial charge in [-0.2, -0.15) is 5.10 Å². The van der Waals surface area contributed by atoms with Crippen LogP contribution in [0.3, 0.4) is 0 Å². The van der Waals surface area contributed by atoms with Crippen LogP contribution in [0, 0.1) is 0 Å². The molecule has 0 atom stereocenters. The summed E-state index contributed by atoms with van der Waals surface area (Å²) in [5.74, 6) is 0.914. The lowest BCUT2D eigenvalue weighted by atomic mass is 10.1. The van der Waals surface area contributed by atoms with Crippen LogP contribution in [0.1, 0.15) is 0 Å². The maximum atomic E-state index is 4.82. The fourth-order valence-corrected chi connectivity index (χ4v) is 3.07. The lowest BCUT2D eigenvalue weighted by Crippen LogP contribution is -2.02. The maximum Gasteiger partial charge on any atom is 0.134 e. The first-order chi connectivity index (χ1) is 12.3. The number of halogens is 1. The number of aromatic nitrogens is 2. The van der Waals surface area contributed by atoms with E-state index in [9.17, 15) is 0 Å². The quantitative estimate of drug-likeness (QED) is 0.460. The van der Waals surface area contributed by atoms with Crippen LogP contribution in [0.5, 0.6) is 0 Å². The second-order valence-electron chi connectivity index (χ2n) is 5.63. The van der Waals surface area contributed by atoms with Crippen molar-refractivity contribution in [3.63, 3.8) is 0 Å². The molecule has 1 N–H and O–H groups in total. The molecule has 25 heavy (non-hydrogen) atoms. The van der Waals surface area contributed by atoms with Crippen LogP contribution < -0.4 is 5.32 Å². The number of hydrogen-bond donors (Lipinski definition) is 1. The molecular formula is C21H16BrN3. The molecule has 0 unspecified atom stereocenters. The number of para-hydroxylation sites is 2. The molecule has 0 radical (unpaired) electrons. The highest BCUT2D eigenvalue weighted by molar-refractivity contribution is 9.10. The standard InChI is InChI=1S/C21H16BrN3/c22-18-13-7-8-14-19(18)23-21-15-20(16-9-3-1-4-10-16)24-25(21)17-11-5-2-6-12-17/h1-15,23H. The Balaban J connectivity index is 1.81. The van der Waals surface area contributed by atoms with Gasteiger partial charge in [0.15, 0.2) is 0 Å². The van der Waals surface area contributed by atoms with Crippen molar-refractivity contribution in [2.75, 3.05) is 5.32 Å². The molecule has 4 rings (SSSR count). The maximum absolute atomic E-state index is 4.82. The van der Waals surface area contributed by atoms with Crippen molar-refractivity contribution in [1.29, 1.82) is 0 Å². The third kappa shape index (κ3) is 3.35. The normalized spacial score (nSPS) is 10.6. The van der Waals surface area contributed by atoms with Crippen LogP contribution in [-0.4, -0.2) is 9.78 Å². The van der Waals surface area contributed by atoms with E-state index in [0.717, 1.165) is 32.9 Å². The SMILES string of the molecule is Brc1ccccc1Nc1cc(-c2ccccc2)nn1-c1ccccc1. The van der Waals surface area contributed by atoms with E-state index in [1.165, 1.54) is 0 Å². The van der Waals surface area contributed by atoms with Gasteiger partial charge in [0.2, 0.25) is 0 Å². The molecule has 1 aromatic heterocycles. The number of hydrogen-bond acceptors (Lipinski definition) is 2. The largest absolute Gasteiger partial charge is 0.339 e. The molecule has 122 valence electrons. The van der Waals surface area contributed by atoms with Crippen molar-refractivity contribution in [2.45, 2.75) is 0 Å². The molecule has 0 spiro atoms. The average Bonchev–Trinajstić information content (AvgIpc) is 3.09. The van der Waals surface area contributed by atoms with Gasteiger partial charge in [0.1, 0.15) is 5.82 Å². The Labute approximate surface area is 155 Å². The van der Waals surface area contributed by atoms with Crippen LogP contribution >= 0.6 is 15.9 Å². The topological polar surface area (TPSA) is 29.9 Å². The van der Waals surface area contributed by atoms with Gasteiger partial charge in [-0.1, -0.05) is 60.7 Å². The van der Waals surface area contributed by atoms with E-state index in [0.29, 0.717) is 0 Å². The van der Waals surface area contributed by atoms with E-state index >= 15 is 0 Å². The monoisotopic (exact) mass is 389 g/mol. The van der Waals surface area contributed by atoms with Gasteiger partial charge in [-0.15, -0.1) is 0 Å². The zero-order chi connectivity index (χ0) is 17.1. The molecule has 0 bridgehead atoms. The van der Waals surface area contributed by atoms with Gasteiger partial charge in [-0.25, -0.2) is 4.68 Å². The predicted octanol–water partition coefficient (Wildman–Crippen LogP) is 6.05. The van der Waals surface area contributed by atoms with Gasteiger partial charge < -0.3 is 5.32 Å². The van der Waals surface area contributed by atoms with Gasteiger partial charge in [0.05, 0.1) is 17.1 Å². The second kappa shape index (κ2) is 6.95. The third-order valence-corrected chi connectivity index (χ3v) is 4.61. The fraction of sp³-hybridized carbons (Fsp3) is 0. The first-order valence-corrected chi connectivity index (χ1v) is 8.83. The van der Waals surface area contributed by atoms with Crippen molar-refractivity contribution in [3.8, 4) is 16.9 Å². The smallest absolute Gasteiger partial charge is 0.134 e. The van der Waals surface area contributed by atoms with Crippen molar-refractivity contribution >= 4 is 27.4 Å². The van der Waals surface area contributed by atoms with Crippen LogP contribution in [0.25, 0.3) is 16.9 Å². The van der Waals surface area contributed by atoms with Gasteiger partial charge in [-0.05, 0) is 40.2 Å². The molecule has 0 saturated heterocycles. The molecule has 0 fully saturated rings. The molecule has 0 saturated carbocycles. The molecule has 3 aromatic carbocycles. The minimum absolute atomic E-state index is 0.914. The van der Waals surface area contributed by atoms with E-state index in [2.05, 4.69) is 39.4 Å². The number of anilines is 2. The van der Waals surface area contributed by atoms with E-state index in [4.69, 9.17) is 5.10 Å². The summed E-state index contributed by atoms with van der Waals surface area (Å²) in [5.41, 5.74) is 4.03. The van der Waals surface area contributed by atoms with Crippen molar-refractivity contribution in [1.82, 2.24) is 9.78 Å². The van der Waals surface area contributed by atoms with Crippen LogP contribution in [0.15, 0.2) is 95.5 Å². The van der Waals surface area contributed by atoms with E-state index in [1.54, 1.807) is 0 Å². The Hall–Kier alpha value is -2.85. The highest BCUT2D eigenvalue weighted by Gasteiger charge is 2.12. The van der Waals surface area contributed by atoms with Crippen molar-refractivity contribution in [3.05, 3.63) is 95.5 Å². The third-order valence-electron chi connectivity index (χ3n) is 3.92. The summed E-state index contributed by atoms with van der Waals surface area (Å²) in [5, 5.41) is 8.30. The highest BCUT2D eigenvalue weighted by Crippen LogP contribution is 2.30. The molecule has 0 aliphatic carbocycles. The van der Waals surface area contributed by atoms with Gasteiger partial charge in [0.25, 0.3) is 0 Å². The number of nitrogens with one attached hydrogen (secondary N) is 1. The zero-order valence-electron chi connectivity index (χ0n) is 13.4. The molecular weight excluding hydrogens is 374 g/mol. The summed E-state index contributed by atoms with van der Waals surface area (Å²) in [6, 6.07) is 30.5. The molecule has 0 aliphatic rings. The summed E-state index contributed by atoms with van der Waals surface area (Å²) >= 11 is 3.59. The Bertz CT molecular complexity index is 978. The Kier molecular flexibility index (Phi) is 4.36. The van der Waals surface area contributed by atoms with E-state index in [-0.39, 0.29) is 0 Å². The van der Waals surface area contributed by atoms with Gasteiger partial charge in [0, 0.05) is 16.1 Å². The fourth-order valence-electron chi connectivity index (χ4n) is 2.69. The number of benzene rings is 3. The Morgan fingerprint density at radius 1 is 0.760 bits per heavy atom. The predicted molar refractivity (Wildman–Crippen MR) is 106 cm³/mol. The lowest BCUT2D eigenvalue weighted by molar-refractivity contribution is 0.892. The Morgan fingerprint density at radius 2 is 1.40 bits per heavy atom. The molecule has 3 nitrogen and oxygen atoms in total. The minimum atomic E-state index is 0.914. The number of rotatable bonds is 4. The molecule has 0 amide bonds.